The predicted octanol–water partition coefficient (Wildman–Crippen LogP) is 1.70. The summed E-state index contributed by atoms with van der Waals surface area (Å²) in [6.45, 7) is 5.33. The van der Waals surface area contributed by atoms with E-state index in [0.29, 0.717) is 5.56 Å². The summed E-state index contributed by atoms with van der Waals surface area (Å²) in [5.41, 5.74) is 2.42. The van der Waals surface area contributed by atoms with E-state index in [-0.39, 0.29) is 11.7 Å². The highest BCUT2D eigenvalue weighted by atomic mass is 32.1. The van der Waals surface area contributed by atoms with Crippen molar-refractivity contribution in [2.45, 2.75) is 26.1 Å². The van der Waals surface area contributed by atoms with Gasteiger partial charge in [0.05, 0.1) is 23.5 Å². The van der Waals surface area contributed by atoms with Gasteiger partial charge in [-0.3, -0.25) is 4.79 Å². The number of amides is 1. The molecule has 120 valence electrons. The van der Waals surface area contributed by atoms with E-state index in [0.717, 1.165) is 36.6 Å². The summed E-state index contributed by atoms with van der Waals surface area (Å²) in [4.78, 5) is 15.4. The van der Waals surface area contributed by atoms with E-state index < -0.39 is 6.17 Å². The number of halogens is 1. The van der Waals surface area contributed by atoms with Crippen LogP contribution in [0.1, 0.15) is 39.5 Å². The van der Waals surface area contributed by atoms with Gasteiger partial charge in [0.15, 0.2) is 0 Å². The third-order valence-corrected chi connectivity index (χ3v) is 5.89. The van der Waals surface area contributed by atoms with E-state index in [1.165, 1.54) is 16.5 Å². The minimum Gasteiger partial charge on any atom is -0.353 e. The maximum Gasteiger partial charge on any atom is 0.256 e. The van der Waals surface area contributed by atoms with Crippen LogP contribution in [0.4, 0.5) is 9.39 Å². The van der Waals surface area contributed by atoms with Gasteiger partial charge in [0.2, 0.25) is 0 Å². The number of hydrogen-bond donors (Lipinski definition) is 3. The molecule has 2 aliphatic rings. The molecule has 3 N–H and O–H groups in total. The van der Waals surface area contributed by atoms with E-state index in [4.69, 9.17) is 0 Å². The lowest BCUT2D eigenvalue weighted by Gasteiger charge is -2.27. The molecular formula is C17H19FN3OS+. The van der Waals surface area contributed by atoms with Crippen molar-refractivity contribution in [2.75, 3.05) is 18.4 Å². The molecule has 2 atom stereocenters. The molecule has 0 radical (unpaired) electrons. The Hall–Kier alpha value is -1.92. The van der Waals surface area contributed by atoms with Crippen molar-refractivity contribution in [2.24, 2.45) is 0 Å². The first kappa shape index (κ1) is 14.7. The van der Waals surface area contributed by atoms with Crippen LogP contribution in [0.25, 0.3) is 0 Å². The van der Waals surface area contributed by atoms with E-state index in [1.807, 2.05) is 0 Å². The molecule has 3 heterocycles. The van der Waals surface area contributed by atoms with E-state index in [2.05, 4.69) is 17.6 Å². The van der Waals surface area contributed by atoms with Gasteiger partial charge in [-0.05, 0) is 18.6 Å². The summed E-state index contributed by atoms with van der Waals surface area (Å²) in [6, 6.07) is 6.56. The van der Waals surface area contributed by atoms with Gasteiger partial charge in [0, 0.05) is 12.0 Å². The molecule has 4 nitrogen and oxygen atoms in total. The fraction of sp³-hybridized carbons (Fsp3) is 0.353. The summed E-state index contributed by atoms with van der Waals surface area (Å²) < 4.78 is 14.0. The number of hydrogen-bond acceptors (Lipinski definition) is 3. The summed E-state index contributed by atoms with van der Waals surface area (Å²) in [7, 11) is 0. The van der Waals surface area contributed by atoms with Gasteiger partial charge in [0.25, 0.3) is 5.91 Å². The Bertz CT molecular complexity index is 773. The number of rotatable bonds is 2. The minimum absolute atomic E-state index is 0.0931. The Morgan fingerprint density at radius 2 is 2.17 bits per heavy atom. The second-order valence-electron chi connectivity index (χ2n) is 6.06. The number of anilines is 1. The summed E-state index contributed by atoms with van der Waals surface area (Å²) in [6.07, 6.45) is 0.426. The molecule has 0 fully saturated rings. The molecule has 0 spiro atoms. The van der Waals surface area contributed by atoms with Crippen LogP contribution in [0.5, 0.6) is 0 Å². The highest BCUT2D eigenvalue weighted by molar-refractivity contribution is 7.16. The molecule has 6 heteroatoms. The van der Waals surface area contributed by atoms with Gasteiger partial charge < -0.3 is 15.5 Å². The molecular weight excluding hydrogens is 313 g/mol. The Morgan fingerprint density at radius 1 is 1.35 bits per heavy atom. The number of quaternary nitrogens is 1. The Balaban J connectivity index is 1.69. The van der Waals surface area contributed by atoms with E-state index in [1.54, 1.807) is 34.4 Å². The predicted molar refractivity (Wildman–Crippen MR) is 88.3 cm³/mol. The molecule has 1 aromatic carbocycles. The van der Waals surface area contributed by atoms with Crippen molar-refractivity contribution in [3.05, 3.63) is 51.7 Å². The zero-order chi connectivity index (χ0) is 16.0. The van der Waals surface area contributed by atoms with Crippen LogP contribution < -0.4 is 15.5 Å². The molecule has 4 rings (SSSR count). The minimum atomic E-state index is -0.508. The lowest BCUT2D eigenvalue weighted by atomic mass is 10.0. The van der Waals surface area contributed by atoms with Crippen LogP contribution in [0.2, 0.25) is 0 Å². The van der Waals surface area contributed by atoms with Crippen LogP contribution in [-0.4, -0.2) is 19.0 Å². The lowest BCUT2D eigenvalue weighted by molar-refractivity contribution is -0.913. The van der Waals surface area contributed by atoms with Gasteiger partial charge in [-0.15, -0.1) is 11.3 Å². The topological polar surface area (TPSA) is 45.6 Å². The second kappa shape index (κ2) is 5.62. The first-order valence-corrected chi connectivity index (χ1v) is 8.79. The molecule has 23 heavy (non-hydrogen) atoms. The van der Waals surface area contributed by atoms with Crippen molar-refractivity contribution in [1.82, 2.24) is 5.32 Å². The average molecular weight is 332 g/mol. The number of nitrogens with one attached hydrogen (secondary N) is 3. The van der Waals surface area contributed by atoms with Crippen molar-refractivity contribution in [3.8, 4) is 0 Å². The van der Waals surface area contributed by atoms with Gasteiger partial charge in [0.1, 0.15) is 23.5 Å². The molecule has 2 aromatic rings. The molecule has 2 aliphatic heterocycles. The van der Waals surface area contributed by atoms with E-state index >= 15 is 0 Å². The maximum absolute atomic E-state index is 14.0. The SMILES string of the molecule is CC[NH+]1CCc2c(sc3c2C(=O)N[C@@H](c2ccccc2F)N3)C1. The number of carbonyl (C=O) groups is 1. The smallest absolute Gasteiger partial charge is 0.256 e. The highest BCUT2D eigenvalue weighted by Gasteiger charge is 2.34. The molecule has 0 saturated heterocycles. The standard InChI is InChI=1S/C17H18FN3OS/c1-2-21-8-7-11-13(9-21)23-17-14(11)16(22)19-15(20-17)10-5-3-4-6-12(10)18/h3-6,15,20H,2,7-9H2,1H3,(H,19,22)/p+1/t15-/m1/s1. The van der Waals surface area contributed by atoms with Gasteiger partial charge in [-0.1, -0.05) is 18.2 Å². The molecule has 0 bridgehead atoms. The molecule has 1 aromatic heterocycles. The first-order valence-electron chi connectivity index (χ1n) is 7.97. The average Bonchev–Trinajstić information content (AvgIpc) is 2.92. The van der Waals surface area contributed by atoms with Crippen molar-refractivity contribution < 1.29 is 14.1 Å². The lowest BCUT2D eigenvalue weighted by Crippen LogP contribution is -3.11. The van der Waals surface area contributed by atoms with E-state index in [9.17, 15) is 9.18 Å². The monoisotopic (exact) mass is 332 g/mol. The maximum atomic E-state index is 14.0. The van der Waals surface area contributed by atoms with Gasteiger partial charge >= 0.3 is 0 Å². The molecule has 1 unspecified atom stereocenters. The van der Waals surface area contributed by atoms with Crippen molar-refractivity contribution >= 4 is 22.2 Å². The third kappa shape index (κ3) is 2.42. The molecule has 1 amide bonds. The number of likely N-dealkylation sites (N-methyl/N-ethyl adjacent to an activating group) is 1. The first-order chi connectivity index (χ1) is 11.2. The quantitative estimate of drug-likeness (QED) is 0.784. The van der Waals surface area contributed by atoms with Gasteiger partial charge in [-0.25, -0.2) is 4.39 Å². The Kier molecular flexibility index (Phi) is 3.58. The molecule has 0 aliphatic carbocycles. The summed E-state index contributed by atoms with van der Waals surface area (Å²) >= 11 is 1.65. The van der Waals surface area contributed by atoms with Crippen LogP contribution in [0.15, 0.2) is 24.3 Å². The summed E-state index contributed by atoms with van der Waals surface area (Å²) in [5, 5.41) is 7.09. The summed E-state index contributed by atoms with van der Waals surface area (Å²) in [5.74, 6) is -0.402. The van der Waals surface area contributed by atoms with Crippen LogP contribution >= 0.6 is 11.3 Å². The normalized spacial score (nSPS) is 22.8. The largest absolute Gasteiger partial charge is 0.353 e. The zero-order valence-corrected chi connectivity index (χ0v) is 13.7. The fourth-order valence-corrected chi connectivity index (χ4v) is 4.76. The second-order valence-corrected chi connectivity index (χ2v) is 7.17. The number of benzene rings is 1. The van der Waals surface area contributed by atoms with Crippen molar-refractivity contribution in [1.29, 1.82) is 0 Å². The highest BCUT2D eigenvalue weighted by Crippen LogP contribution is 2.39. The Labute approximate surface area is 138 Å². The van der Waals surface area contributed by atoms with Crippen LogP contribution in [-0.2, 0) is 13.0 Å². The number of carbonyl (C=O) groups excluding carboxylic acids is 1. The van der Waals surface area contributed by atoms with Crippen LogP contribution in [0.3, 0.4) is 0 Å². The zero-order valence-electron chi connectivity index (χ0n) is 12.9. The third-order valence-electron chi connectivity index (χ3n) is 4.72. The number of fused-ring (bicyclic) bond motifs is 3. The fourth-order valence-electron chi connectivity index (χ4n) is 3.42. The Morgan fingerprint density at radius 3 is 2.96 bits per heavy atom. The van der Waals surface area contributed by atoms with Crippen LogP contribution in [0, 0.1) is 5.82 Å². The van der Waals surface area contributed by atoms with Crippen molar-refractivity contribution in [3.63, 3.8) is 0 Å². The number of thiophene rings is 1. The molecule has 0 saturated carbocycles. The van der Waals surface area contributed by atoms with Gasteiger partial charge in [-0.2, -0.15) is 0 Å².